The smallest absolute Gasteiger partial charge is 0.209 e. The lowest BCUT2D eigenvalue weighted by Gasteiger charge is -2.59. The molecule has 44 heavy (non-hydrogen) atoms. The van der Waals surface area contributed by atoms with Crippen LogP contribution in [0.25, 0.3) is 5.57 Å². The molecule has 1 saturated carbocycles. The second kappa shape index (κ2) is 10.3. The molecule has 5 aliphatic carbocycles. The highest BCUT2D eigenvalue weighted by molar-refractivity contribution is 6.25. The molecule has 0 radical (unpaired) electrons. The Morgan fingerprint density at radius 3 is 2.34 bits per heavy atom. The van der Waals surface area contributed by atoms with E-state index in [2.05, 4.69) is 12.2 Å². The summed E-state index contributed by atoms with van der Waals surface area (Å²) in [4.78, 5) is 40.8. The summed E-state index contributed by atoms with van der Waals surface area (Å²) in [5, 5.41) is 46.4. The fourth-order valence-electron chi connectivity index (χ4n) is 9.70. The Kier molecular flexibility index (Phi) is 7.15. The summed E-state index contributed by atoms with van der Waals surface area (Å²) in [5.74, 6) is -4.28. The minimum absolute atomic E-state index is 0.0733. The quantitative estimate of drug-likeness (QED) is 0.267. The van der Waals surface area contributed by atoms with Crippen LogP contribution in [0.5, 0.6) is 5.75 Å². The van der Waals surface area contributed by atoms with Gasteiger partial charge >= 0.3 is 0 Å². The van der Waals surface area contributed by atoms with Gasteiger partial charge in [0.2, 0.25) is 5.78 Å². The number of phenolic OH excluding ortho intramolecular Hbond substituents is 1. The molecule has 4 atom stereocenters. The molecule has 0 aromatic heterocycles. The monoisotopic (exact) mass is 600 g/mol. The molecule has 0 heterocycles. The third kappa shape index (κ3) is 4.14. The first-order chi connectivity index (χ1) is 20.7. The van der Waals surface area contributed by atoms with Crippen molar-refractivity contribution in [2.75, 3.05) is 0 Å². The molecule has 1 unspecified atom stereocenters. The van der Waals surface area contributed by atoms with Gasteiger partial charge in [-0.2, -0.15) is 0 Å². The fraction of sp³-hybridized carbons (Fsp3) is 0.541. The summed E-state index contributed by atoms with van der Waals surface area (Å²) >= 11 is 0. The van der Waals surface area contributed by atoms with E-state index in [1.54, 1.807) is 6.92 Å². The van der Waals surface area contributed by atoms with Crippen LogP contribution >= 0.6 is 0 Å². The first-order valence-electron chi connectivity index (χ1n) is 16.1. The Morgan fingerprint density at radius 1 is 1.02 bits per heavy atom. The zero-order chi connectivity index (χ0) is 31.9. The molecule has 1 aromatic carbocycles. The number of Topliss-reactive ketones (excluding diaryl/α,β-unsaturated/α-hetero) is 3. The highest BCUT2D eigenvalue weighted by Crippen LogP contribution is 2.65. The second-order valence-corrected chi connectivity index (χ2v) is 14.8. The van der Waals surface area contributed by atoms with Crippen LogP contribution in [-0.2, 0) is 16.0 Å². The van der Waals surface area contributed by atoms with E-state index in [9.17, 15) is 34.8 Å². The van der Waals surface area contributed by atoms with Crippen LogP contribution in [-0.4, -0.2) is 43.4 Å². The van der Waals surface area contributed by atoms with E-state index in [-0.39, 0.29) is 41.4 Å². The minimum Gasteiger partial charge on any atom is -0.511 e. The fourth-order valence-corrected chi connectivity index (χ4v) is 9.70. The van der Waals surface area contributed by atoms with Crippen molar-refractivity contribution in [1.29, 1.82) is 0 Å². The average molecular weight is 601 g/mol. The maximum Gasteiger partial charge on any atom is 0.209 e. The van der Waals surface area contributed by atoms with Crippen LogP contribution in [0.1, 0.15) is 107 Å². The third-order valence-corrected chi connectivity index (χ3v) is 11.4. The van der Waals surface area contributed by atoms with Gasteiger partial charge in [0.15, 0.2) is 17.2 Å². The molecule has 0 bridgehead atoms. The normalized spacial score (nSPS) is 32.4. The largest absolute Gasteiger partial charge is 0.511 e. The first-order valence-corrected chi connectivity index (χ1v) is 16.1. The number of carbonyl (C=O) groups is 3. The van der Waals surface area contributed by atoms with Crippen molar-refractivity contribution in [1.82, 2.24) is 0 Å². The summed E-state index contributed by atoms with van der Waals surface area (Å²) < 4.78 is 0. The molecule has 1 fully saturated rings. The van der Waals surface area contributed by atoms with Crippen LogP contribution < -0.4 is 0 Å². The highest BCUT2D eigenvalue weighted by atomic mass is 16.3. The van der Waals surface area contributed by atoms with Crippen LogP contribution in [0, 0.1) is 28.6 Å². The van der Waals surface area contributed by atoms with Crippen LogP contribution in [0.15, 0.2) is 52.5 Å². The van der Waals surface area contributed by atoms with Gasteiger partial charge in [-0.1, -0.05) is 83.6 Å². The Hall–Kier alpha value is -3.45. The van der Waals surface area contributed by atoms with Gasteiger partial charge in [0.1, 0.15) is 22.8 Å². The summed E-state index contributed by atoms with van der Waals surface area (Å²) in [5.41, 5.74) is -1.62. The zero-order valence-electron chi connectivity index (χ0n) is 26.4. The van der Waals surface area contributed by atoms with E-state index in [1.165, 1.54) is 43.7 Å². The van der Waals surface area contributed by atoms with Crippen molar-refractivity contribution in [3.05, 3.63) is 69.2 Å². The molecular formula is C37H44O7. The standard InChI is InChI=1S/C37H44O7/c1-19(2)29-31(40)27(20(3)38)33(42)37(44)34(43)30-32(41)28-25(17-35(30,4)18-36(29,37)5)24(13-14-26(28)39)23-12-11-22(16-23)15-21-9-7-6-8-10-21/h11-14,19,21,29,39-40,43-44H,6-10,15-18H2,1-5H3/t29?,35-,36-,37+/m1/s1. The minimum atomic E-state index is -2.60. The van der Waals surface area contributed by atoms with Crippen molar-refractivity contribution in [2.24, 2.45) is 28.6 Å². The van der Waals surface area contributed by atoms with Crippen molar-refractivity contribution in [2.45, 2.75) is 98.0 Å². The SMILES string of the molecule is CC(=O)C1=C(O)C(C(C)C)[C@@]2(C)C[C@@]3(C)Cc4c(C5=CC=C(CC6CCCCC6)C5)ccc(O)c4C(=O)C3=C(O)[C@@]2(O)C1=O. The van der Waals surface area contributed by atoms with E-state index in [1.807, 2.05) is 26.8 Å². The molecule has 234 valence electrons. The number of hydrogen-bond acceptors (Lipinski definition) is 7. The van der Waals surface area contributed by atoms with Crippen molar-refractivity contribution >= 4 is 22.9 Å². The van der Waals surface area contributed by atoms with E-state index in [4.69, 9.17) is 0 Å². The Labute approximate surface area is 259 Å². The van der Waals surface area contributed by atoms with Crippen LogP contribution in [0.3, 0.4) is 0 Å². The number of aliphatic hydroxyl groups is 3. The second-order valence-electron chi connectivity index (χ2n) is 14.8. The predicted octanol–water partition coefficient (Wildman–Crippen LogP) is 7.03. The summed E-state index contributed by atoms with van der Waals surface area (Å²) in [6.45, 7) is 8.31. The third-order valence-electron chi connectivity index (χ3n) is 11.4. The summed E-state index contributed by atoms with van der Waals surface area (Å²) in [6.07, 6.45) is 12.9. The molecule has 0 saturated heterocycles. The molecule has 7 heteroatoms. The van der Waals surface area contributed by atoms with Crippen molar-refractivity contribution in [3.8, 4) is 5.75 Å². The number of aliphatic hydroxyl groups excluding tert-OH is 2. The van der Waals surface area contributed by atoms with Gasteiger partial charge in [-0.25, -0.2) is 0 Å². The lowest BCUT2D eigenvalue weighted by molar-refractivity contribution is -0.171. The number of phenols is 1. The predicted molar refractivity (Wildman–Crippen MR) is 167 cm³/mol. The van der Waals surface area contributed by atoms with Gasteiger partial charge in [0, 0.05) is 22.3 Å². The Bertz CT molecular complexity index is 1610. The molecule has 1 aromatic rings. The first kappa shape index (κ1) is 30.6. The molecule has 4 N–H and O–H groups in total. The van der Waals surface area contributed by atoms with Crippen molar-refractivity contribution < 1.29 is 34.8 Å². The van der Waals surface area contributed by atoms with Crippen LogP contribution in [0.4, 0.5) is 0 Å². The van der Waals surface area contributed by atoms with E-state index < -0.39 is 51.0 Å². The number of hydrogen-bond donors (Lipinski definition) is 4. The topological polar surface area (TPSA) is 132 Å². The summed E-state index contributed by atoms with van der Waals surface area (Å²) in [7, 11) is 0. The number of fused-ring (bicyclic) bond motifs is 3. The van der Waals surface area contributed by atoms with E-state index in [0.717, 1.165) is 30.9 Å². The number of benzene rings is 1. The highest BCUT2D eigenvalue weighted by Gasteiger charge is 2.71. The van der Waals surface area contributed by atoms with Gasteiger partial charge in [0.25, 0.3) is 0 Å². The Morgan fingerprint density at radius 2 is 1.70 bits per heavy atom. The van der Waals surface area contributed by atoms with Crippen LogP contribution in [0.2, 0.25) is 0 Å². The Balaban J connectivity index is 1.45. The van der Waals surface area contributed by atoms with Gasteiger partial charge < -0.3 is 20.4 Å². The number of rotatable bonds is 5. The average Bonchev–Trinajstić information content (AvgIpc) is 3.39. The number of carbonyl (C=O) groups excluding carboxylic acids is 3. The van der Waals surface area contributed by atoms with Gasteiger partial charge in [-0.3, -0.25) is 14.4 Å². The van der Waals surface area contributed by atoms with Gasteiger partial charge in [-0.05, 0) is 67.2 Å². The maximum absolute atomic E-state index is 14.3. The van der Waals surface area contributed by atoms with Gasteiger partial charge in [0.05, 0.1) is 5.56 Å². The summed E-state index contributed by atoms with van der Waals surface area (Å²) in [6, 6.07) is 3.36. The number of aromatic hydroxyl groups is 1. The molecule has 0 spiro atoms. The molecule has 0 amide bonds. The number of ketones is 3. The van der Waals surface area contributed by atoms with E-state index in [0.29, 0.717) is 11.5 Å². The van der Waals surface area contributed by atoms with Gasteiger partial charge in [-0.15, -0.1) is 0 Å². The van der Waals surface area contributed by atoms with E-state index >= 15 is 0 Å². The number of allylic oxidation sites excluding steroid dienone is 6. The molecule has 6 rings (SSSR count). The lowest BCUT2D eigenvalue weighted by atomic mass is 9.44. The lowest BCUT2D eigenvalue weighted by Crippen LogP contribution is -2.67. The molecule has 5 aliphatic rings. The molecule has 7 nitrogen and oxygen atoms in total. The van der Waals surface area contributed by atoms with Crippen molar-refractivity contribution in [3.63, 3.8) is 0 Å². The zero-order valence-corrected chi connectivity index (χ0v) is 26.4. The maximum atomic E-state index is 14.3. The molecular weight excluding hydrogens is 556 g/mol. The molecule has 0 aliphatic heterocycles.